The van der Waals surface area contributed by atoms with Crippen LogP contribution in [0.3, 0.4) is 0 Å². The van der Waals surface area contributed by atoms with Crippen LogP contribution in [0.4, 0.5) is 17.1 Å². The molecule has 0 radical (unpaired) electrons. The lowest BCUT2D eigenvalue weighted by atomic mass is 10.2. The van der Waals surface area contributed by atoms with Gasteiger partial charge in [-0.2, -0.15) is 0 Å². The van der Waals surface area contributed by atoms with Crippen LogP contribution in [0.15, 0.2) is 18.2 Å². The molecule has 0 aliphatic carbocycles. The average molecular weight is 226 g/mol. The Kier molecular flexibility index (Phi) is 4.49. The topological polar surface area (TPSA) is 102 Å². The van der Waals surface area contributed by atoms with E-state index in [1.54, 1.807) is 13.2 Å². The highest BCUT2D eigenvalue weighted by atomic mass is 16.6. The number of hydrogen-bond acceptors (Lipinski definition) is 6. The summed E-state index contributed by atoms with van der Waals surface area (Å²) >= 11 is 0. The fourth-order valence-corrected chi connectivity index (χ4v) is 1.20. The maximum Gasteiger partial charge on any atom is 0.273 e. The molecule has 88 valence electrons. The van der Waals surface area contributed by atoms with Gasteiger partial charge in [0.2, 0.25) is 0 Å². The molecule has 0 saturated heterocycles. The Bertz CT molecular complexity index is 370. The first kappa shape index (κ1) is 12.2. The summed E-state index contributed by atoms with van der Waals surface area (Å²) in [7, 11) is 1.59. The van der Waals surface area contributed by atoms with Gasteiger partial charge in [-0.1, -0.05) is 0 Å². The van der Waals surface area contributed by atoms with Crippen LogP contribution >= 0.6 is 0 Å². The molecule has 16 heavy (non-hydrogen) atoms. The van der Waals surface area contributed by atoms with E-state index < -0.39 is 4.92 Å². The predicted octanol–water partition coefficient (Wildman–Crippen LogP) is 0.939. The first-order valence-corrected chi connectivity index (χ1v) is 4.66. The summed E-state index contributed by atoms with van der Waals surface area (Å²) in [6.07, 6.45) is 0. The maximum atomic E-state index is 10.6. The lowest BCUT2D eigenvalue weighted by molar-refractivity contribution is -0.384. The lowest BCUT2D eigenvalue weighted by Gasteiger charge is -2.07. The second-order valence-electron chi connectivity index (χ2n) is 3.09. The number of methoxy groups -OCH3 is 1. The third-order valence-corrected chi connectivity index (χ3v) is 1.93. The second kappa shape index (κ2) is 5.89. The monoisotopic (exact) mass is 226 g/mol. The number of hydrazine groups is 1. The van der Waals surface area contributed by atoms with E-state index in [0.717, 1.165) is 0 Å². The zero-order valence-electron chi connectivity index (χ0n) is 8.90. The highest BCUT2D eigenvalue weighted by Gasteiger charge is 2.08. The molecule has 7 nitrogen and oxygen atoms in total. The van der Waals surface area contributed by atoms with Crippen LogP contribution < -0.4 is 16.6 Å². The normalized spacial score (nSPS) is 9.88. The summed E-state index contributed by atoms with van der Waals surface area (Å²) < 4.78 is 4.86. The third kappa shape index (κ3) is 3.37. The van der Waals surface area contributed by atoms with Gasteiger partial charge in [0.1, 0.15) is 0 Å². The number of nitrogens with two attached hydrogens (primary N) is 1. The van der Waals surface area contributed by atoms with Crippen molar-refractivity contribution in [1.82, 2.24) is 0 Å². The summed E-state index contributed by atoms with van der Waals surface area (Å²) in [5, 5.41) is 13.6. The van der Waals surface area contributed by atoms with Crippen molar-refractivity contribution in [3.63, 3.8) is 0 Å². The lowest BCUT2D eigenvalue weighted by Crippen LogP contribution is -2.10. The first-order chi connectivity index (χ1) is 7.67. The minimum absolute atomic E-state index is 0.0182. The van der Waals surface area contributed by atoms with Crippen molar-refractivity contribution in [2.75, 3.05) is 31.0 Å². The first-order valence-electron chi connectivity index (χ1n) is 4.66. The maximum absolute atomic E-state index is 10.6. The Morgan fingerprint density at radius 3 is 2.69 bits per heavy atom. The predicted molar refractivity (Wildman–Crippen MR) is 61.3 cm³/mol. The fourth-order valence-electron chi connectivity index (χ4n) is 1.20. The average Bonchev–Trinajstić information content (AvgIpc) is 2.29. The number of anilines is 2. The van der Waals surface area contributed by atoms with Gasteiger partial charge in [0.05, 0.1) is 17.2 Å². The van der Waals surface area contributed by atoms with E-state index in [-0.39, 0.29) is 5.69 Å². The Morgan fingerprint density at radius 2 is 2.12 bits per heavy atom. The van der Waals surface area contributed by atoms with E-state index in [9.17, 15) is 10.1 Å². The van der Waals surface area contributed by atoms with Crippen molar-refractivity contribution in [1.29, 1.82) is 0 Å². The van der Waals surface area contributed by atoms with E-state index >= 15 is 0 Å². The Balaban J connectivity index is 2.82. The van der Waals surface area contributed by atoms with Crippen LogP contribution in [0.2, 0.25) is 0 Å². The number of nitrogens with one attached hydrogen (secondary N) is 2. The van der Waals surface area contributed by atoms with Crippen molar-refractivity contribution in [3.05, 3.63) is 28.3 Å². The quantitative estimate of drug-likeness (QED) is 0.289. The van der Waals surface area contributed by atoms with Gasteiger partial charge in [-0.25, -0.2) is 0 Å². The summed E-state index contributed by atoms with van der Waals surface area (Å²) in [5.74, 6) is 5.22. The van der Waals surface area contributed by atoms with Crippen molar-refractivity contribution >= 4 is 17.1 Å². The number of nitro benzene ring substituents is 1. The van der Waals surface area contributed by atoms with Gasteiger partial charge in [0, 0.05) is 31.5 Å². The van der Waals surface area contributed by atoms with Gasteiger partial charge in [0.25, 0.3) is 5.69 Å². The van der Waals surface area contributed by atoms with Crippen LogP contribution in [-0.4, -0.2) is 25.2 Å². The van der Waals surface area contributed by atoms with Gasteiger partial charge < -0.3 is 15.5 Å². The smallest absolute Gasteiger partial charge is 0.273 e. The van der Waals surface area contributed by atoms with Gasteiger partial charge in [0.15, 0.2) is 0 Å². The molecule has 0 spiro atoms. The zero-order chi connectivity index (χ0) is 12.0. The molecule has 0 atom stereocenters. The van der Waals surface area contributed by atoms with E-state index in [1.807, 2.05) is 0 Å². The minimum Gasteiger partial charge on any atom is -0.383 e. The molecule has 4 N–H and O–H groups in total. The van der Waals surface area contributed by atoms with Crippen molar-refractivity contribution in [3.8, 4) is 0 Å². The highest BCUT2D eigenvalue weighted by molar-refractivity contribution is 5.63. The fraction of sp³-hybridized carbons (Fsp3) is 0.333. The number of ether oxygens (including phenoxy) is 1. The number of nitrogens with zero attached hydrogens (tertiary/aromatic N) is 1. The molecule has 0 heterocycles. The van der Waals surface area contributed by atoms with Gasteiger partial charge in [-0.05, 0) is 6.07 Å². The standard InChI is InChI=1S/C9H14N4O3/c1-16-3-2-11-7-4-8(12-10)6-9(5-7)13(14)15/h4-6,11-12H,2-3,10H2,1H3. The van der Waals surface area contributed by atoms with Crippen LogP contribution in [0.25, 0.3) is 0 Å². The molecular weight excluding hydrogens is 212 g/mol. The molecule has 0 aliphatic heterocycles. The molecular formula is C9H14N4O3. The summed E-state index contributed by atoms with van der Waals surface area (Å²) in [4.78, 5) is 10.2. The van der Waals surface area contributed by atoms with Gasteiger partial charge >= 0.3 is 0 Å². The SMILES string of the molecule is COCCNc1cc(NN)cc([N+](=O)[O-])c1. The molecule has 0 fully saturated rings. The van der Waals surface area contributed by atoms with Gasteiger partial charge in [-0.3, -0.25) is 16.0 Å². The third-order valence-electron chi connectivity index (χ3n) is 1.93. The number of hydrogen-bond donors (Lipinski definition) is 3. The zero-order valence-corrected chi connectivity index (χ0v) is 8.90. The molecule has 7 heteroatoms. The van der Waals surface area contributed by atoms with E-state index in [2.05, 4.69) is 10.7 Å². The summed E-state index contributed by atoms with van der Waals surface area (Å²) in [6.45, 7) is 1.09. The molecule has 1 rings (SSSR count). The Morgan fingerprint density at radius 1 is 1.44 bits per heavy atom. The van der Waals surface area contributed by atoms with Crippen LogP contribution in [-0.2, 0) is 4.74 Å². The van der Waals surface area contributed by atoms with E-state index in [1.165, 1.54) is 12.1 Å². The number of nitrogen functional groups attached to an aromatic ring is 1. The summed E-state index contributed by atoms with van der Waals surface area (Å²) in [5.41, 5.74) is 3.46. The van der Waals surface area contributed by atoms with E-state index in [0.29, 0.717) is 24.5 Å². The van der Waals surface area contributed by atoms with Crippen LogP contribution in [0.5, 0.6) is 0 Å². The molecule has 1 aromatic rings. The van der Waals surface area contributed by atoms with Crippen molar-refractivity contribution < 1.29 is 9.66 Å². The number of rotatable bonds is 6. The largest absolute Gasteiger partial charge is 0.383 e. The molecule has 0 aromatic heterocycles. The molecule has 0 amide bonds. The van der Waals surface area contributed by atoms with Crippen LogP contribution in [0, 0.1) is 10.1 Å². The van der Waals surface area contributed by atoms with Gasteiger partial charge in [-0.15, -0.1) is 0 Å². The second-order valence-corrected chi connectivity index (χ2v) is 3.09. The van der Waals surface area contributed by atoms with Crippen LogP contribution in [0.1, 0.15) is 0 Å². The van der Waals surface area contributed by atoms with Crippen molar-refractivity contribution in [2.24, 2.45) is 5.84 Å². The molecule has 0 saturated carbocycles. The number of non-ortho nitro benzene ring substituents is 1. The highest BCUT2D eigenvalue weighted by Crippen LogP contribution is 2.23. The Labute approximate surface area is 92.7 Å². The molecule has 1 aromatic carbocycles. The van der Waals surface area contributed by atoms with E-state index in [4.69, 9.17) is 10.6 Å². The molecule has 0 unspecified atom stereocenters. The number of benzene rings is 1. The minimum atomic E-state index is -0.470. The molecule has 0 aliphatic rings. The molecule has 0 bridgehead atoms. The number of nitro groups is 1. The van der Waals surface area contributed by atoms with Crippen molar-refractivity contribution in [2.45, 2.75) is 0 Å². The summed E-state index contributed by atoms with van der Waals surface area (Å²) in [6, 6.07) is 4.49. The Hall–Kier alpha value is -1.86.